The molecule has 1 rings (SSSR count). The summed E-state index contributed by atoms with van der Waals surface area (Å²) >= 11 is 0. The molecule has 1 fully saturated rings. The summed E-state index contributed by atoms with van der Waals surface area (Å²) in [4.78, 5) is 2.63. The number of nitrogens with one attached hydrogen (secondary N) is 1. The number of hydrogen-bond acceptors (Lipinski definition) is 2. The molecule has 0 spiro atoms. The third-order valence-corrected chi connectivity index (χ3v) is 3.71. The molecule has 0 unspecified atom stereocenters. The molecule has 1 N–H and O–H groups in total. The van der Waals surface area contributed by atoms with Gasteiger partial charge < -0.3 is 10.2 Å². The second-order valence-electron chi connectivity index (χ2n) is 6.63. The van der Waals surface area contributed by atoms with E-state index in [4.69, 9.17) is 0 Å². The van der Waals surface area contributed by atoms with Crippen molar-refractivity contribution in [2.24, 2.45) is 5.92 Å². The van der Waals surface area contributed by atoms with Crippen molar-refractivity contribution in [3.05, 3.63) is 0 Å². The molecule has 1 saturated carbocycles. The molecule has 2 nitrogen and oxygen atoms in total. The Labute approximate surface area is 115 Å². The maximum Gasteiger partial charge on any atom is 0.00682 e. The SMILES string of the molecule is CC(C)CN(CCCCCCNC1CC1)C(C)C. The highest BCUT2D eigenvalue weighted by Gasteiger charge is 2.19. The molecule has 18 heavy (non-hydrogen) atoms. The second-order valence-corrected chi connectivity index (χ2v) is 6.63. The first-order chi connectivity index (χ1) is 8.59. The monoisotopic (exact) mass is 254 g/mol. The first-order valence-electron chi connectivity index (χ1n) is 8.07. The molecule has 0 heterocycles. The predicted octanol–water partition coefficient (Wildman–Crippen LogP) is 3.67. The zero-order valence-corrected chi connectivity index (χ0v) is 13.0. The van der Waals surface area contributed by atoms with Gasteiger partial charge in [0.1, 0.15) is 0 Å². The van der Waals surface area contributed by atoms with Crippen molar-refractivity contribution >= 4 is 0 Å². The highest BCUT2D eigenvalue weighted by molar-refractivity contribution is 4.80. The van der Waals surface area contributed by atoms with E-state index in [1.165, 1.54) is 58.2 Å². The first kappa shape index (κ1) is 16.0. The van der Waals surface area contributed by atoms with Gasteiger partial charge in [-0.1, -0.05) is 26.7 Å². The summed E-state index contributed by atoms with van der Waals surface area (Å²) in [6.45, 7) is 13.1. The van der Waals surface area contributed by atoms with E-state index >= 15 is 0 Å². The zero-order valence-electron chi connectivity index (χ0n) is 13.0. The average Bonchev–Trinajstić information content (AvgIpc) is 3.09. The van der Waals surface area contributed by atoms with Crippen LogP contribution in [0.3, 0.4) is 0 Å². The molecular weight excluding hydrogens is 220 g/mol. The maximum absolute atomic E-state index is 3.59. The highest BCUT2D eigenvalue weighted by atomic mass is 15.1. The topological polar surface area (TPSA) is 15.3 Å². The summed E-state index contributed by atoms with van der Waals surface area (Å²) in [6, 6.07) is 1.58. The number of unbranched alkanes of at least 4 members (excludes halogenated alkanes) is 3. The summed E-state index contributed by atoms with van der Waals surface area (Å²) in [7, 11) is 0. The Kier molecular flexibility index (Phi) is 7.92. The zero-order chi connectivity index (χ0) is 13.4. The fourth-order valence-electron chi connectivity index (χ4n) is 2.42. The first-order valence-corrected chi connectivity index (χ1v) is 8.07. The van der Waals surface area contributed by atoms with E-state index in [2.05, 4.69) is 37.9 Å². The van der Waals surface area contributed by atoms with Crippen LogP contribution >= 0.6 is 0 Å². The van der Waals surface area contributed by atoms with Gasteiger partial charge in [0, 0.05) is 18.6 Å². The van der Waals surface area contributed by atoms with Crippen LogP contribution in [0.2, 0.25) is 0 Å². The van der Waals surface area contributed by atoms with Gasteiger partial charge >= 0.3 is 0 Å². The van der Waals surface area contributed by atoms with E-state index in [1.807, 2.05) is 0 Å². The molecule has 0 aromatic rings. The number of nitrogens with zero attached hydrogens (tertiary/aromatic N) is 1. The Morgan fingerprint density at radius 1 is 1.00 bits per heavy atom. The van der Waals surface area contributed by atoms with Gasteiger partial charge in [-0.3, -0.25) is 0 Å². The fourth-order valence-corrected chi connectivity index (χ4v) is 2.42. The summed E-state index contributed by atoms with van der Waals surface area (Å²) < 4.78 is 0. The lowest BCUT2D eigenvalue weighted by molar-refractivity contribution is 0.193. The van der Waals surface area contributed by atoms with Gasteiger partial charge in [-0.15, -0.1) is 0 Å². The van der Waals surface area contributed by atoms with Crippen LogP contribution in [0.1, 0.15) is 66.2 Å². The molecule has 0 atom stereocenters. The molecule has 0 amide bonds. The maximum atomic E-state index is 3.59. The third kappa shape index (κ3) is 8.10. The van der Waals surface area contributed by atoms with Crippen molar-refractivity contribution in [3.63, 3.8) is 0 Å². The van der Waals surface area contributed by atoms with Crippen molar-refractivity contribution in [2.45, 2.75) is 78.3 Å². The largest absolute Gasteiger partial charge is 0.314 e. The van der Waals surface area contributed by atoms with E-state index in [0.29, 0.717) is 6.04 Å². The lowest BCUT2D eigenvalue weighted by Crippen LogP contribution is -2.34. The standard InChI is InChI=1S/C16H34N2/c1-14(2)13-18(15(3)4)12-8-6-5-7-11-17-16-9-10-16/h14-17H,5-13H2,1-4H3. The molecule has 1 aliphatic carbocycles. The van der Waals surface area contributed by atoms with Gasteiger partial charge in [0.05, 0.1) is 0 Å². The lowest BCUT2D eigenvalue weighted by atomic mass is 10.1. The van der Waals surface area contributed by atoms with Crippen molar-refractivity contribution < 1.29 is 0 Å². The summed E-state index contributed by atoms with van der Waals surface area (Å²) in [5, 5.41) is 3.59. The molecule has 0 bridgehead atoms. The predicted molar refractivity (Wildman–Crippen MR) is 81.0 cm³/mol. The van der Waals surface area contributed by atoms with Gasteiger partial charge in [0.25, 0.3) is 0 Å². The van der Waals surface area contributed by atoms with Gasteiger partial charge in [0.15, 0.2) is 0 Å². The van der Waals surface area contributed by atoms with Crippen molar-refractivity contribution in [1.82, 2.24) is 10.2 Å². The minimum atomic E-state index is 0.698. The van der Waals surface area contributed by atoms with E-state index in [9.17, 15) is 0 Å². The minimum Gasteiger partial charge on any atom is -0.314 e. The highest BCUT2D eigenvalue weighted by Crippen LogP contribution is 2.18. The molecule has 1 aliphatic rings. The van der Waals surface area contributed by atoms with Gasteiger partial charge in [-0.25, -0.2) is 0 Å². The molecular formula is C16H34N2. The smallest absolute Gasteiger partial charge is 0.00682 e. The van der Waals surface area contributed by atoms with Crippen molar-refractivity contribution in [2.75, 3.05) is 19.6 Å². The Hall–Kier alpha value is -0.0800. The number of rotatable bonds is 11. The normalized spacial score (nSPS) is 16.2. The average molecular weight is 254 g/mol. The Bertz CT molecular complexity index is 197. The Morgan fingerprint density at radius 3 is 2.22 bits per heavy atom. The lowest BCUT2D eigenvalue weighted by Gasteiger charge is -2.28. The van der Waals surface area contributed by atoms with Gasteiger partial charge in [-0.2, -0.15) is 0 Å². The van der Waals surface area contributed by atoms with E-state index in [-0.39, 0.29) is 0 Å². The second kappa shape index (κ2) is 8.92. The van der Waals surface area contributed by atoms with Crippen LogP contribution in [0.4, 0.5) is 0 Å². The fraction of sp³-hybridized carbons (Fsp3) is 1.00. The van der Waals surface area contributed by atoms with Crippen LogP contribution in [0.25, 0.3) is 0 Å². The quantitative estimate of drug-likeness (QED) is 0.566. The van der Waals surface area contributed by atoms with E-state index in [1.54, 1.807) is 0 Å². The van der Waals surface area contributed by atoms with E-state index < -0.39 is 0 Å². The molecule has 0 aromatic heterocycles. The van der Waals surface area contributed by atoms with Crippen molar-refractivity contribution in [3.8, 4) is 0 Å². The van der Waals surface area contributed by atoms with Crippen LogP contribution in [0, 0.1) is 5.92 Å². The third-order valence-electron chi connectivity index (χ3n) is 3.71. The van der Waals surface area contributed by atoms with Crippen LogP contribution in [0.5, 0.6) is 0 Å². The van der Waals surface area contributed by atoms with Crippen LogP contribution in [-0.4, -0.2) is 36.6 Å². The molecule has 0 aliphatic heterocycles. The van der Waals surface area contributed by atoms with Gasteiger partial charge in [-0.05, 0) is 58.5 Å². The van der Waals surface area contributed by atoms with Crippen LogP contribution in [-0.2, 0) is 0 Å². The Morgan fingerprint density at radius 2 is 1.67 bits per heavy atom. The summed E-state index contributed by atoms with van der Waals surface area (Å²) in [5.41, 5.74) is 0. The Balaban J connectivity index is 1.92. The van der Waals surface area contributed by atoms with E-state index in [0.717, 1.165) is 12.0 Å². The molecule has 2 heteroatoms. The van der Waals surface area contributed by atoms with Gasteiger partial charge in [0.2, 0.25) is 0 Å². The molecule has 108 valence electrons. The summed E-state index contributed by atoms with van der Waals surface area (Å²) in [6.07, 6.45) is 8.36. The van der Waals surface area contributed by atoms with Crippen LogP contribution in [0.15, 0.2) is 0 Å². The summed E-state index contributed by atoms with van der Waals surface area (Å²) in [5.74, 6) is 0.787. The molecule has 0 radical (unpaired) electrons. The minimum absolute atomic E-state index is 0.698. The number of hydrogen-bond donors (Lipinski definition) is 1. The van der Waals surface area contributed by atoms with Crippen LogP contribution < -0.4 is 5.32 Å². The van der Waals surface area contributed by atoms with Crippen molar-refractivity contribution in [1.29, 1.82) is 0 Å². The molecule has 0 aromatic carbocycles. The molecule has 0 saturated heterocycles.